The van der Waals surface area contributed by atoms with Crippen LogP contribution in [0.2, 0.25) is 0 Å². The highest BCUT2D eigenvalue weighted by atomic mass is 15.1. The summed E-state index contributed by atoms with van der Waals surface area (Å²) in [4.78, 5) is 6.87. The average Bonchev–Trinajstić information content (AvgIpc) is 2.28. The van der Waals surface area contributed by atoms with Crippen molar-refractivity contribution in [3.8, 4) is 0 Å². The lowest BCUT2D eigenvalue weighted by Crippen LogP contribution is -2.39. The number of hydrogen-bond acceptors (Lipinski definition) is 3. The number of aromatic nitrogens is 1. The fourth-order valence-corrected chi connectivity index (χ4v) is 2.72. The van der Waals surface area contributed by atoms with E-state index in [-0.39, 0.29) is 0 Å². The van der Waals surface area contributed by atoms with Crippen LogP contribution in [0.3, 0.4) is 0 Å². The van der Waals surface area contributed by atoms with Crippen LogP contribution in [0.25, 0.3) is 0 Å². The minimum absolute atomic E-state index is 0.448. The highest BCUT2D eigenvalue weighted by Crippen LogP contribution is 2.29. The Kier molecular flexibility index (Phi) is 3.79. The molecule has 0 aromatic carbocycles. The number of likely N-dealkylation sites (tertiary alicyclic amines) is 1. The Bertz CT molecular complexity index is 373. The Hall–Kier alpha value is -0.930. The van der Waals surface area contributed by atoms with Gasteiger partial charge in [0.1, 0.15) is 0 Å². The second kappa shape index (κ2) is 5.15. The van der Waals surface area contributed by atoms with E-state index in [9.17, 15) is 0 Å². The van der Waals surface area contributed by atoms with Gasteiger partial charge in [0.25, 0.3) is 0 Å². The lowest BCUT2D eigenvalue weighted by Gasteiger charge is -2.38. The van der Waals surface area contributed by atoms with E-state index in [2.05, 4.69) is 29.8 Å². The van der Waals surface area contributed by atoms with Crippen LogP contribution in [0.15, 0.2) is 18.3 Å². The van der Waals surface area contributed by atoms with Crippen molar-refractivity contribution in [2.24, 2.45) is 11.1 Å². The Morgan fingerprint density at radius 3 is 3.00 bits per heavy atom. The van der Waals surface area contributed by atoms with Gasteiger partial charge < -0.3 is 5.73 Å². The minimum atomic E-state index is 0.448. The number of pyridine rings is 1. The molecule has 0 aliphatic carbocycles. The third-order valence-corrected chi connectivity index (χ3v) is 3.55. The lowest BCUT2D eigenvalue weighted by atomic mass is 9.84. The maximum absolute atomic E-state index is 5.73. The molecule has 1 saturated heterocycles. The van der Waals surface area contributed by atoms with Crippen molar-refractivity contribution < 1.29 is 0 Å². The summed E-state index contributed by atoms with van der Waals surface area (Å²) in [6.45, 7) is 8.60. The maximum Gasteiger partial charge on any atom is 0.0584 e. The molecule has 2 N–H and O–H groups in total. The highest BCUT2D eigenvalue weighted by Gasteiger charge is 2.26. The summed E-state index contributed by atoms with van der Waals surface area (Å²) >= 11 is 0. The zero-order valence-corrected chi connectivity index (χ0v) is 10.9. The van der Waals surface area contributed by atoms with Gasteiger partial charge in [0.2, 0.25) is 0 Å². The first kappa shape index (κ1) is 12.5. The van der Waals surface area contributed by atoms with Crippen molar-refractivity contribution in [2.45, 2.75) is 39.8 Å². The summed E-state index contributed by atoms with van der Waals surface area (Å²) in [7, 11) is 0. The number of nitrogens with two attached hydrogens (primary N) is 1. The molecule has 0 amide bonds. The number of piperidine rings is 1. The molecule has 1 aliphatic rings. The van der Waals surface area contributed by atoms with E-state index in [0.717, 1.165) is 12.2 Å². The third-order valence-electron chi connectivity index (χ3n) is 3.55. The fraction of sp³-hybridized carbons (Fsp3) is 0.643. The predicted molar refractivity (Wildman–Crippen MR) is 70.4 cm³/mol. The van der Waals surface area contributed by atoms with Gasteiger partial charge in [-0.15, -0.1) is 0 Å². The van der Waals surface area contributed by atoms with E-state index in [1.165, 1.54) is 31.5 Å². The molecule has 1 aromatic rings. The number of hydrogen-bond donors (Lipinski definition) is 1. The van der Waals surface area contributed by atoms with Crippen molar-refractivity contribution in [1.82, 2.24) is 9.88 Å². The molecule has 1 fully saturated rings. The van der Waals surface area contributed by atoms with Crippen molar-refractivity contribution in [3.05, 3.63) is 29.6 Å². The average molecular weight is 233 g/mol. The molecule has 0 radical (unpaired) electrons. The van der Waals surface area contributed by atoms with E-state index in [0.29, 0.717) is 12.0 Å². The van der Waals surface area contributed by atoms with Gasteiger partial charge in [-0.2, -0.15) is 0 Å². The maximum atomic E-state index is 5.73. The van der Waals surface area contributed by atoms with Gasteiger partial charge in [0.05, 0.1) is 5.69 Å². The first-order valence-corrected chi connectivity index (χ1v) is 6.46. The molecule has 94 valence electrons. The summed E-state index contributed by atoms with van der Waals surface area (Å²) in [6, 6.07) is 4.15. The third kappa shape index (κ3) is 3.27. The molecular weight excluding hydrogens is 210 g/mol. The molecule has 3 nitrogen and oxygen atoms in total. The fourth-order valence-electron chi connectivity index (χ4n) is 2.72. The Morgan fingerprint density at radius 1 is 1.47 bits per heavy atom. The molecule has 0 saturated carbocycles. The Labute approximate surface area is 104 Å². The van der Waals surface area contributed by atoms with Crippen LogP contribution in [-0.4, -0.2) is 23.0 Å². The molecule has 1 aliphatic heterocycles. The second-order valence-corrected chi connectivity index (χ2v) is 5.79. The second-order valence-electron chi connectivity index (χ2n) is 5.79. The SMILES string of the molecule is CC1(C)CCCN(Cc2cccnc2CN)C1. The molecule has 0 unspecified atom stereocenters. The lowest BCUT2D eigenvalue weighted by molar-refractivity contribution is 0.111. The van der Waals surface area contributed by atoms with Gasteiger partial charge in [-0.3, -0.25) is 9.88 Å². The smallest absolute Gasteiger partial charge is 0.0584 e. The normalized spacial score (nSPS) is 20.4. The molecule has 0 atom stereocenters. The predicted octanol–water partition coefficient (Wildman–Crippen LogP) is 2.16. The van der Waals surface area contributed by atoms with Gasteiger partial charge in [0.15, 0.2) is 0 Å². The molecule has 2 heterocycles. The first-order chi connectivity index (χ1) is 8.11. The number of rotatable bonds is 3. The van der Waals surface area contributed by atoms with E-state index in [1.807, 2.05) is 12.3 Å². The highest BCUT2D eigenvalue weighted by molar-refractivity contribution is 5.19. The summed E-state index contributed by atoms with van der Waals surface area (Å²) in [6.07, 6.45) is 4.46. The molecule has 17 heavy (non-hydrogen) atoms. The van der Waals surface area contributed by atoms with Gasteiger partial charge >= 0.3 is 0 Å². The van der Waals surface area contributed by atoms with Gasteiger partial charge in [-0.1, -0.05) is 19.9 Å². The minimum Gasteiger partial charge on any atom is -0.325 e. The Morgan fingerprint density at radius 2 is 2.29 bits per heavy atom. The first-order valence-electron chi connectivity index (χ1n) is 6.46. The summed E-state index contributed by atoms with van der Waals surface area (Å²) in [5.41, 5.74) is 8.50. The van der Waals surface area contributed by atoms with Crippen molar-refractivity contribution in [3.63, 3.8) is 0 Å². The van der Waals surface area contributed by atoms with Crippen LogP contribution < -0.4 is 5.73 Å². The molecule has 3 heteroatoms. The van der Waals surface area contributed by atoms with E-state index in [4.69, 9.17) is 5.73 Å². The van der Waals surface area contributed by atoms with E-state index >= 15 is 0 Å². The van der Waals surface area contributed by atoms with Crippen molar-refractivity contribution in [2.75, 3.05) is 13.1 Å². The van der Waals surface area contributed by atoms with Crippen LogP contribution >= 0.6 is 0 Å². The molecule has 2 rings (SSSR count). The zero-order valence-electron chi connectivity index (χ0n) is 10.9. The summed E-state index contributed by atoms with van der Waals surface area (Å²) in [5.74, 6) is 0. The quantitative estimate of drug-likeness (QED) is 0.870. The van der Waals surface area contributed by atoms with E-state index in [1.54, 1.807) is 0 Å². The standard InChI is InChI=1S/C14H23N3/c1-14(2)6-4-8-17(11-14)10-12-5-3-7-16-13(12)9-15/h3,5,7H,4,6,8-11,15H2,1-2H3. The molecule has 0 bridgehead atoms. The van der Waals surface area contributed by atoms with Gasteiger partial charge in [-0.25, -0.2) is 0 Å². The van der Waals surface area contributed by atoms with Gasteiger partial charge in [-0.05, 0) is 36.4 Å². The van der Waals surface area contributed by atoms with Crippen LogP contribution in [0, 0.1) is 5.41 Å². The Balaban J connectivity index is 2.05. The van der Waals surface area contributed by atoms with Gasteiger partial charge in [0, 0.05) is 25.8 Å². The van der Waals surface area contributed by atoms with Crippen LogP contribution in [-0.2, 0) is 13.1 Å². The molecular formula is C14H23N3. The zero-order chi connectivity index (χ0) is 12.3. The van der Waals surface area contributed by atoms with Crippen LogP contribution in [0.1, 0.15) is 37.9 Å². The van der Waals surface area contributed by atoms with E-state index < -0.39 is 0 Å². The topological polar surface area (TPSA) is 42.2 Å². The number of nitrogens with zero attached hydrogens (tertiary/aromatic N) is 2. The van der Waals surface area contributed by atoms with Crippen molar-refractivity contribution in [1.29, 1.82) is 0 Å². The largest absolute Gasteiger partial charge is 0.325 e. The molecule has 0 spiro atoms. The van der Waals surface area contributed by atoms with Crippen LogP contribution in [0.4, 0.5) is 0 Å². The summed E-state index contributed by atoms with van der Waals surface area (Å²) < 4.78 is 0. The van der Waals surface area contributed by atoms with Crippen LogP contribution in [0.5, 0.6) is 0 Å². The molecule has 1 aromatic heterocycles. The van der Waals surface area contributed by atoms with Crippen molar-refractivity contribution >= 4 is 0 Å². The summed E-state index contributed by atoms with van der Waals surface area (Å²) in [5, 5.41) is 0. The monoisotopic (exact) mass is 233 g/mol.